The van der Waals surface area contributed by atoms with Crippen LogP contribution in [0, 0.1) is 11.8 Å². The second-order valence-corrected chi connectivity index (χ2v) is 6.74. The van der Waals surface area contributed by atoms with Crippen molar-refractivity contribution < 1.29 is 4.79 Å². The molecule has 1 aliphatic carbocycles. The smallest absolute Gasteiger partial charge is 0.252 e. The highest BCUT2D eigenvalue weighted by molar-refractivity contribution is 9.10. The van der Waals surface area contributed by atoms with Crippen LogP contribution < -0.4 is 5.32 Å². The molecule has 0 radical (unpaired) electrons. The van der Waals surface area contributed by atoms with Gasteiger partial charge >= 0.3 is 0 Å². The van der Waals surface area contributed by atoms with Crippen molar-refractivity contribution >= 4 is 34.5 Å². The zero-order chi connectivity index (χ0) is 14.0. The van der Waals surface area contributed by atoms with E-state index in [-0.39, 0.29) is 5.91 Å². The maximum absolute atomic E-state index is 12.3. The summed E-state index contributed by atoms with van der Waals surface area (Å²) in [4.78, 5) is 13.0. The quantitative estimate of drug-likeness (QED) is 0.789. The minimum atomic E-state index is -0.00824. The number of halogens is 1. The lowest BCUT2D eigenvalue weighted by atomic mass is 9.93. The summed E-state index contributed by atoms with van der Waals surface area (Å²) >= 11 is 7.75. The van der Waals surface area contributed by atoms with Crippen LogP contribution in [0.4, 0.5) is 0 Å². The first-order valence-corrected chi connectivity index (χ1v) is 8.06. The molecule has 19 heavy (non-hydrogen) atoms. The Bertz CT molecular complexity index is 477. The molecule has 0 heterocycles. The van der Waals surface area contributed by atoms with Crippen molar-refractivity contribution in [3.05, 3.63) is 28.2 Å². The van der Waals surface area contributed by atoms with E-state index in [9.17, 15) is 4.79 Å². The van der Waals surface area contributed by atoms with Crippen LogP contribution in [0.1, 0.15) is 43.5 Å². The Balaban J connectivity index is 2.05. The molecule has 1 aromatic carbocycles. The molecule has 0 aromatic heterocycles. The summed E-state index contributed by atoms with van der Waals surface area (Å²) in [5.74, 6) is 1.30. The van der Waals surface area contributed by atoms with Crippen molar-refractivity contribution in [2.75, 3.05) is 0 Å². The molecular formula is C15H20BrNOS. The molecule has 0 bridgehead atoms. The summed E-state index contributed by atoms with van der Waals surface area (Å²) in [6.07, 6.45) is 3.50. The van der Waals surface area contributed by atoms with Gasteiger partial charge in [0.1, 0.15) is 0 Å². The van der Waals surface area contributed by atoms with Crippen LogP contribution in [0.15, 0.2) is 27.6 Å². The number of nitrogens with one attached hydrogen (secondary N) is 1. The molecule has 0 spiro atoms. The van der Waals surface area contributed by atoms with Crippen LogP contribution in [0.5, 0.6) is 0 Å². The Kier molecular flexibility index (Phi) is 4.96. The normalized spacial score (nSPS) is 26.4. The van der Waals surface area contributed by atoms with Crippen molar-refractivity contribution in [2.45, 2.75) is 44.0 Å². The Morgan fingerprint density at radius 3 is 2.79 bits per heavy atom. The van der Waals surface area contributed by atoms with Gasteiger partial charge in [-0.2, -0.15) is 0 Å². The Morgan fingerprint density at radius 1 is 1.47 bits per heavy atom. The van der Waals surface area contributed by atoms with Gasteiger partial charge in [0, 0.05) is 15.4 Å². The zero-order valence-electron chi connectivity index (χ0n) is 11.3. The number of hydrogen-bond donors (Lipinski definition) is 2. The van der Waals surface area contributed by atoms with E-state index in [0.717, 1.165) is 16.8 Å². The van der Waals surface area contributed by atoms with Gasteiger partial charge in [0.2, 0.25) is 0 Å². The Morgan fingerprint density at radius 2 is 2.21 bits per heavy atom. The third-order valence-electron chi connectivity index (χ3n) is 4.27. The molecule has 1 aromatic rings. The van der Waals surface area contributed by atoms with Crippen molar-refractivity contribution in [1.82, 2.24) is 5.32 Å². The number of hydrogen-bond acceptors (Lipinski definition) is 2. The fraction of sp³-hybridized carbons (Fsp3) is 0.533. The first-order valence-electron chi connectivity index (χ1n) is 6.82. The average Bonchev–Trinajstić information content (AvgIpc) is 2.70. The van der Waals surface area contributed by atoms with E-state index in [2.05, 4.69) is 47.7 Å². The van der Waals surface area contributed by atoms with Crippen LogP contribution in [-0.2, 0) is 0 Å². The Labute approximate surface area is 128 Å². The SMILES string of the molecule is CCC1CCC(NC(=O)c2ccc(Br)cc2S)C1C. The highest BCUT2D eigenvalue weighted by atomic mass is 79.9. The van der Waals surface area contributed by atoms with Gasteiger partial charge in [-0.3, -0.25) is 4.79 Å². The number of carbonyl (C=O) groups excluding carboxylic acids is 1. The molecule has 104 valence electrons. The van der Waals surface area contributed by atoms with Crippen molar-refractivity contribution in [2.24, 2.45) is 11.8 Å². The molecule has 1 fully saturated rings. The van der Waals surface area contributed by atoms with E-state index in [1.54, 1.807) is 0 Å². The van der Waals surface area contributed by atoms with Crippen LogP contribution >= 0.6 is 28.6 Å². The number of thiol groups is 1. The number of rotatable bonds is 3. The summed E-state index contributed by atoms with van der Waals surface area (Å²) in [7, 11) is 0. The molecule has 3 unspecified atom stereocenters. The van der Waals surface area contributed by atoms with Gasteiger partial charge in [-0.1, -0.05) is 36.2 Å². The third-order valence-corrected chi connectivity index (χ3v) is 5.14. The van der Waals surface area contributed by atoms with Crippen LogP contribution in [0.2, 0.25) is 0 Å². The van der Waals surface area contributed by atoms with Crippen molar-refractivity contribution in [3.63, 3.8) is 0 Å². The lowest BCUT2D eigenvalue weighted by molar-refractivity contribution is 0.0923. The number of carbonyl (C=O) groups is 1. The topological polar surface area (TPSA) is 29.1 Å². The van der Waals surface area contributed by atoms with E-state index in [1.807, 2.05) is 18.2 Å². The first kappa shape index (κ1) is 14.9. The lowest BCUT2D eigenvalue weighted by Gasteiger charge is -2.21. The molecule has 1 aliphatic rings. The minimum absolute atomic E-state index is 0.00824. The largest absolute Gasteiger partial charge is 0.349 e. The van der Waals surface area contributed by atoms with Gasteiger partial charge in [0.25, 0.3) is 5.91 Å². The van der Waals surface area contributed by atoms with Crippen LogP contribution in [-0.4, -0.2) is 11.9 Å². The molecule has 2 nitrogen and oxygen atoms in total. The van der Waals surface area contributed by atoms with E-state index in [4.69, 9.17) is 0 Å². The predicted octanol–water partition coefficient (Wildman–Crippen LogP) is 4.29. The van der Waals surface area contributed by atoms with Crippen molar-refractivity contribution in [1.29, 1.82) is 0 Å². The monoisotopic (exact) mass is 341 g/mol. The lowest BCUT2D eigenvalue weighted by Crippen LogP contribution is -2.37. The number of benzene rings is 1. The van der Waals surface area contributed by atoms with Crippen molar-refractivity contribution in [3.8, 4) is 0 Å². The fourth-order valence-electron chi connectivity index (χ4n) is 2.97. The molecule has 1 amide bonds. The van der Waals surface area contributed by atoms with Gasteiger partial charge in [-0.25, -0.2) is 0 Å². The highest BCUT2D eigenvalue weighted by Gasteiger charge is 2.32. The van der Waals surface area contributed by atoms with E-state index in [1.165, 1.54) is 12.8 Å². The molecule has 0 aliphatic heterocycles. The van der Waals surface area contributed by atoms with Gasteiger partial charge in [-0.15, -0.1) is 12.6 Å². The summed E-state index contributed by atoms with van der Waals surface area (Å²) in [5, 5.41) is 3.17. The van der Waals surface area contributed by atoms with E-state index in [0.29, 0.717) is 22.4 Å². The molecular weight excluding hydrogens is 322 g/mol. The molecule has 3 atom stereocenters. The first-order chi connectivity index (χ1) is 9.02. The maximum atomic E-state index is 12.3. The standard InChI is InChI=1S/C15H20BrNOS/c1-3-10-4-7-13(9(10)2)17-15(18)12-6-5-11(16)8-14(12)19/h5-6,8-10,13,19H,3-4,7H2,1-2H3,(H,17,18). The zero-order valence-corrected chi connectivity index (χ0v) is 13.8. The summed E-state index contributed by atoms with van der Waals surface area (Å²) in [6.45, 7) is 4.47. The number of amides is 1. The van der Waals surface area contributed by atoms with Gasteiger partial charge in [-0.05, 0) is 42.9 Å². The molecule has 1 N–H and O–H groups in total. The summed E-state index contributed by atoms with van der Waals surface area (Å²) in [6, 6.07) is 5.85. The second kappa shape index (κ2) is 6.31. The maximum Gasteiger partial charge on any atom is 0.252 e. The summed E-state index contributed by atoms with van der Waals surface area (Å²) in [5.41, 5.74) is 0.652. The van der Waals surface area contributed by atoms with Crippen LogP contribution in [0.25, 0.3) is 0 Å². The van der Waals surface area contributed by atoms with E-state index >= 15 is 0 Å². The van der Waals surface area contributed by atoms with Gasteiger partial charge in [0.05, 0.1) is 5.56 Å². The predicted molar refractivity (Wildman–Crippen MR) is 84.8 cm³/mol. The molecule has 2 rings (SSSR count). The molecule has 0 saturated heterocycles. The Hall–Kier alpha value is -0.480. The third kappa shape index (κ3) is 3.34. The minimum Gasteiger partial charge on any atom is -0.349 e. The average molecular weight is 342 g/mol. The van der Waals surface area contributed by atoms with E-state index < -0.39 is 0 Å². The fourth-order valence-corrected chi connectivity index (χ4v) is 3.82. The molecule has 4 heteroatoms. The van der Waals surface area contributed by atoms with Gasteiger partial charge in [0.15, 0.2) is 0 Å². The van der Waals surface area contributed by atoms with Gasteiger partial charge < -0.3 is 5.32 Å². The summed E-state index contributed by atoms with van der Waals surface area (Å²) < 4.78 is 0.939. The molecule has 1 saturated carbocycles. The van der Waals surface area contributed by atoms with Crippen LogP contribution in [0.3, 0.4) is 0 Å². The highest BCUT2D eigenvalue weighted by Crippen LogP contribution is 2.34. The second-order valence-electron chi connectivity index (χ2n) is 5.35.